The number of anilines is 9. The Kier molecular flexibility index (Phi) is 11.6. The van der Waals surface area contributed by atoms with E-state index in [4.69, 9.17) is 0 Å². The van der Waals surface area contributed by atoms with Crippen molar-refractivity contribution in [3.63, 3.8) is 0 Å². The molecule has 3 nitrogen and oxygen atoms in total. The lowest BCUT2D eigenvalue weighted by molar-refractivity contribution is 1.29. The van der Waals surface area contributed by atoms with Crippen molar-refractivity contribution in [3.05, 3.63) is 308 Å². The summed E-state index contributed by atoms with van der Waals surface area (Å²) < 4.78 is 0. The summed E-state index contributed by atoms with van der Waals surface area (Å²) in [6, 6.07) is 108. The third-order valence-corrected chi connectivity index (χ3v) is 17.4. The van der Waals surface area contributed by atoms with E-state index in [0.29, 0.717) is 0 Å². The Labute approximate surface area is 491 Å². The number of hydrogen-bond acceptors (Lipinski definition) is 3. The van der Waals surface area contributed by atoms with E-state index < -0.39 is 0 Å². The number of rotatable bonds is 6. The van der Waals surface area contributed by atoms with Gasteiger partial charge in [-0.3, -0.25) is 0 Å². The van der Waals surface area contributed by atoms with Crippen LogP contribution in [-0.4, -0.2) is 0 Å². The van der Waals surface area contributed by atoms with Gasteiger partial charge in [-0.1, -0.05) is 217 Å². The molecule has 84 heavy (non-hydrogen) atoms. The SMILES string of the molecule is Cc1ccc2c(c1)-c1ccccc1N(c1ccc(-c3cc(-c4ccc(N5c6ccccc6-c6ccc(C)cc6-c6ccccc65)cc4)cc(-c4ccc(N5c6ccccc6-c6ccc(C)cc6-c6ccccc65)cc4)c3)cc1)c1ccccc1-2. The van der Waals surface area contributed by atoms with Gasteiger partial charge in [0, 0.05) is 50.4 Å². The first-order valence-corrected chi connectivity index (χ1v) is 29.1. The maximum atomic E-state index is 2.44. The van der Waals surface area contributed by atoms with Gasteiger partial charge in [-0.05, 0) is 179 Å². The summed E-state index contributed by atoms with van der Waals surface area (Å²) in [5, 5.41) is 0. The van der Waals surface area contributed by atoms with Crippen molar-refractivity contribution >= 4 is 51.2 Å². The summed E-state index contributed by atoms with van der Waals surface area (Å²) in [6.45, 7) is 6.56. The van der Waals surface area contributed by atoms with Gasteiger partial charge in [-0.2, -0.15) is 0 Å². The predicted molar refractivity (Wildman–Crippen MR) is 354 cm³/mol. The fourth-order valence-corrected chi connectivity index (χ4v) is 13.5. The van der Waals surface area contributed by atoms with Crippen LogP contribution in [0.2, 0.25) is 0 Å². The predicted octanol–water partition coefficient (Wildman–Crippen LogP) is 23.0. The maximum Gasteiger partial charge on any atom is 0.0540 e. The molecule has 0 spiro atoms. The Morgan fingerprint density at radius 1 is 0.167 bits per heavy atom. The number of para-hydroxylation sites is 6. The highest BCUT2D eigenvalue weighted by atomic mass is 15.2. The van der Waals surface area contributed by atoms with Crippen LogP contribution in [0.4, 0.5) is 51.2 Å². The third kappa shape index (κ3) is 8.11. The van der Waals surface area contributed by atoms with Gasteiger partial charge in [0.15, 0.2) is 0 Å². The van der Waals surface area contributed by atoms with E-state index in [1.54, 1.807) is 0 Å². The molecular formula is C81H57N3. The molecule has 0 aromatic heterocycles. The molecular weight excluding hydrogens is 1010 g/mol. The number of benzene rings is 13. The smallest absolute Gasteiger partial charge is 0.0540 e. The van der Waals surface area contributed by atoms with Crippen molar-refractivity contribution < 1.29 is 0 Å². The number of nitrogens with zero attached hydrogens (tertiary/aromatic N) is 3. The van der Waals surface area contributed by atoms with Crippen molar-refractivity contribution in [2.45, 2.75) is 20.8 Å². The lowest BCUT2D eigenvalue weighted by Crippen LogP contribution is -2.10. The Bertz CT molecular complexity index is 4270. The highest BCUT2D eigenvalue weighted by Crippen LogP contribution is 2.55. The molecule has 13 aromatic carbocycles. The van der Waals surface area contributed by atoms with Crippen LogP contribution in [0.3, 0.4) is 0 Å². The van der Waals surface area contributed by atoms with Gasteiger partial charge in [-0.25, -0.2) is 0 Å². The van der Waals surface area contributed by atoms with E-state index >= 15 is 0 Å². The molecule has 0 N–H and O–H groups in total. The Morgan fingerprint density at radius 2 is 0.381 bits per heavy atom. The first kappa shape index (κ1) is 49.1. The van der Waals surface area contributed by atoms with Crippen LogP contribution in [0.15, 0.2) is 291 Å². The standard InChI is InChI=1S/C81H57N3/c1-52-28-43-64-67-16-4-10-22-76(67)82(79-25-13-7-19-70(79)73(64)46-52)61-37-31-55(32-38-61)58-49-59(56-33-39-62(40-34-56)83-77-23-11-5-17-68(77)65-44-29-53(2)47-74(65)71-20-8-14-26-80(71)83)51-60(50-58)57-35-41-63(42-36-57)84-78-24-12-6-18-69(78)66-45-30-54(3)48-75(66)72-21-9-15-27-81(72)84/h4-51H,1-3H3. The van der Waals surface area contributed by atoms with E-state index in [1.807, 2.05) is 0 Å². The summed E-state index contributed by atoms with van der Waals surface area (Å²) in [5.41, 5.74) is 35.7. The van der Waals surface area contributed by atoms with E-state index in [0.717, 1.165) is 84.6 Å². The van der Waals surface area contributed by atoms with Crippen molar-refractivity contribution in [1.29, 1.82) is 0 Å². The van der Waals surface area contributed by atoms with E-state index in [1.165, 1.54) is 83.5 Å². The fourth-order valence-electron chi connectivity index (χ4n) is 13.5. The molecule has 0 aliphatic carbocycles. The summed E-state index contributed by atoms with van der Waals surface area (Å²) in [4.78, 5) is 7.32. The fraction of sp³-hybridized carbons (Fsp3) is 0.0370. The number of fused-ring (bicyclic) bond motifs is 15. The molecule has 13 aromatic rings. The highest BCUT2D eigenvalue weighted by molar-refractivity contribution is 6.06. The second-order valence-electron chi connectivity index (χ2n) is 22.7. The Hall–Kier alpha value is -10.7. The van der Waals surface area contributed by atoms with Gasteiger partial charge in [0.25, 0.3) is 0 Å². The Balaban J connectivity index is 0.820. The van der Waals surface area contributed by atoms with Crippen LogP contribution >= 0.6 is 0 Å². The van der Waals surface area contributed by atoms with Crippen LogP contribution in [0.25, 0.3) is 100 Å². The molecule has 396 valence electrons. The van der Waals surface area contributed by atoms with Crippen LogP contribution in [0.5, 0.6) is 0 Å². The molecule has 3 aliphatic heterocycles. The summed E-state index contributed by atoms with van der Waals surface area (Å²) in [5.74, 6) is 0. The molecule has 0 amide bonds. The summed E-state index contributed by atoms with van der Waals surface area (Å²) in [6.07, 6.45) is 0. The van der Waals surface area contributed by atoms with Crippen molar-refractivity contribution in [2.75, 3.05) is 14.7 Å². The largest absolute Gasteiger partial charge is 0.309 e. The van der Waals surface area contributed by atoms with Crippen LogP contribution < -0.4 is 14.7 Å². The first-order chi connectivity index (χ1) is 41.4. The average Bonchev–Trinajstić information content (AvgIpc) is 3.21. The molecule has 0 saturated carbocycles. The molecule has 0 saturated heterocycles. The normalized spacial score (nSPS) is 12.4. The van der Waals surface area contributed by atoms with E-state index in [9.17, 15) is 0 Å². The monoisotopic (exact) mass is 1070 g/mol. The lowest BCUT2D eigenvalue weighted by atomic mass is 9.93. The highest BCUT2D eigenvalue weighted by Gasteiger charge is 2.30. The quantitative estimate of drug-likeness (QED) is 0.164. The number of hydrogen-bond donors (Lipinski definition) is 0. The van der Waals surface area contributed by atoms with Crippen molar-refractivity contribution in [3.8, 4) is 100 Å². The second-order valence-corrected chi connectivity index (χ2v) is 22.7. The van der Waals surface area contributed by atoms with Gasteiger partial charge in [0.05, 0.1) is 34.1 Å². The molecule has 3 heteroatoms. The molecule has 3 heterocycles. The molecule has 0 radical (unpaired) electrons. The van der Waals surface area contributed by atoms with Gasteiger partial charge in [0.1, 0.15) is 0 Å². The molecule has 0 bridgehead atoms. The first-order valence-electron chi connectivity index (χ1n) is 29.1. The zero-order valence-electron chi connectivity index (χ0n) is 47.1. The minimum Gasteiger partial charge on any atom is -0.309 e. The third-order valence-electron chi connectivity index (χ3n) is 17.4. The van der Waals surface area contributed by atoms with Crippen LogP contribution in [0.1, 0.15) is 16.7 Å². The Morgan fingerprint density at radius 3 is 0.619 bits per heavy atom. The zero-order chi connectivity index (χ0) is 56.0. The van der Waals surface area contributed by atoms with Gasteiger partial charge in [-0.15, -0.1) is 0 Å². The molecule has 0 fully saturated rings. The maximum absolute atomic E-state index is 2.44. The summed E-state index contributed by atoms with van der Waals surface area (Å²) >= 11 is 0. The number of aryl methyl sites for hydroxylation is 3. The van der Waals surface area contributed by atoms with E-state index in [-0.39, 0.29) is 0 Å². The molecule has 3 aliphatic rings. The molecule has 0 unspecified atom stereocenters. The van der Waals surface area contributed by atoms with Crippen molar-refractivity contribution in [1.82, 2.24) is 0 Å². The lowest BCUT2D eigenvalue weighted by Gasteiger charge is -2.27. The van der Waals surface area contributed by atoms with Crippen LogP contribution in [0, 0.1) is 20.8 Å². The van der Waals surface area contributed by atoms with E-state index in [2.05, 4.69) is 327 Å². The zero-order valence-corrected chi connectivity index (χ0v) is 47.1. The van der Waals surface area contributed by atoms with Gasteiger partial charge >= 0.3 is 0 Å². The average molecular weight is 1070 g/mol. The minimum atomic E-state index is 1.11. The summed E-state index contributed by atoms with van der Waals surface area (Å²) in [7, 11) is 0. The van der Waals surface area contributed by atoms with Crippen LogP contribution in [-0.2, 0) is 0 Å². The second kappa shape index (κ2) is 19.8. The molecule has 0 atom stereocenters. The molecule has 16 rings (SSSR count). The van der Waals surface area contributed by atoms with Gasteiger partial charge < -0.3 is 14.7 Å². The minimum absolute atomic E-state index is 1.11. The topological polar surface area (TPSA) is 9.72 Å². The van der Waals surface area contributed by atoms with Crippen molar-refractivity contribution in [2.24, 2.45) is 0 Å². The van der Waals surface area contributed by atoms with Gasteiger partial charge in [0.2, 0.25) is 0 Å².